The Balaban J connectivity index is 1.59. The molecule has 0 aliphatic carbocycles. The van der Waals surface area contributed by atoms with Crippen molar-refractivity contribution >= 4 is 5.91 Å². The number of hydrazine groups is 1. The maximum absolute atomic E-state index is 13.7. The second kappa shape index (κ2) is 10.4. The number of hydrogen-bond acceptors (Lipinski definition) is 7. The van der Waals surface area contributed by atoms with Gasteiger partial charge in [-0.2, -0.15) is 0 Å². The summed E-state index contributed by atoms with van der Waals surface area (Å²) in [6.07, 6.45) is 5.19. The summed E-state index contributed by atoms with van der Waals surface area (Å²) in [5.74, 6) is 1.24. The van der Waals surface area contributed by atoms with Crippen LogP contribution in [0.1, 0.15) is 35.7 Å². The van der Waals surface area contributed by atoms with E-state index in [0.717, 1.165) is 16.7 Å². The van der Waals surface area contributed by atoms with Crippen LogP contribution in [-0.2, 0) is 11.3 Å². The molecule has 186 valence electrons. The SMILES string of the molecule is C=CCOc1ccc(C2C3C(NNC3c3ccccc3O)C(=O)N2Cc2cccnc2)cc1OCC. The highest BCUT2D eigenvalue weighted by atomic mass is 16.5. The molecule has 5 rings (SSSR count). The minimum atomic E-state index is -0.455. The van der Waals surface area contributed by atoms with E-state index in [9.17, 15) is 9.90 Å². The summed E-state index contributed by atoms with van der Waals surface area (Å²) >= 11 is 0. The highest BCUT2D eigenvalue weighted by Gasteiger charge is 2.55. The number of carbonyl (C=O) groups excluding carboxylic acids is 1. The van der Waals surface area contributed by atoms with Crippen LogP contribution < -0.4 is 20.3 Å². The molecule has 8 nitrogen and oxygen atoms in total. The highest BCUT2D eigenvalue weighted by Crippen LogP contribution is 2.50. The number of ether oxygens (including phenoxy) is 2. The van der Waals surface area contributed by atoms with Crippen molar-refractivity contribution < 1.29 is 19.4 Å². The first kappa shape index (κ1) is 23.8. The number of aromatic hydroxyl groups is 1. The number of amides is 1. The average Bonchev–Trinajstić information content (AvgIpc) is 3.43. The molecule has 1 aromatic heterocycles. The van der Waals surface area contributed by atoms with Crippen LogP contribution in [0.4, 0.5) is 0 Å². The Morgan fingerprint density at radius 3 is 2.67 bits per heavy atom. The number of fused-ring (bicyclic) bond motifs is 1. The van der Waals surface area contributed by atoms with Crippen molar-refractivity contribution in [2.45, 2.75) is 31.6 Å². The topological polar surface area (TPSA) is 96.0 Å². The summed E-state index contributed by atoms with van der Waals surface area (Å²) in [7, 11) is 0. The van der Waals surface area contributed by atoms with E-state index in [-0.39, 0.29) is 29.7 Å². The van der Waals surface area contributed by atoms with Crippen LogP contribution in [-0.4, -0.2) is 40.2 Å². The van der Waals surface area contributed by atoms with Crippen molar-refractivity contribution in [3.8, 4) is 17.2 Å². The van der Waals surface area contributed by atoms with E-state index in [1.54, 1.807) is 30.6 Å². The fourth-order valence-corrected chi connectivity index (χ4v) is 5.23. The van der Waals surface area contributed by atoms with E-state index in [2.05, 4.69) is 22.4 Å². The third-order valence-corrected chi connectivity index (χ3v) is 6.73. The molecule has 8 heteroatoms. The van der Waals surface area contributed by atoms with Gasteiger partial charge in [-0.1, -0.05) is 43.0 Å². The first-order valence-corrected chi connectivity index (χ1v) is 12.1. The third kappa shape index (κ3) is 4.41. The molecule has 0 radical (unpaired) electrons. The quantitative estimate of drug-likeness (QED) is 0.397. The van der Waals surface area contributed by atoms with Gasteiger partial charge in [-0.05, 0) is 42.3 Å². The minimum Gasteiger partial charge on any atom is -0.508 e. The molecule has 1 amide bonds. The molecule has 2 fully saturated rings. The Morgan fingerprint density at radius 1 is 1.08 bits per heavy atom. The van der Waals surface area contributed by atoms with E-state index < -0.39 is 6.04 Å². The van der Waals surface area contributed by atoms with Gasteiger partial charge in [0, 0.05) is 30.4 Å². The number of pyridine rings is 1. The molecule has 4 unspecified atom stereocenters. The van der Waals surface area contributed by atoms with Crippen LogP contribution in [0.5, 0.6) is 17.2 Å². The van der Waals surface area contributed by atoms with Gasteiger partial charge in [0.1, 0.15) is 18.4 Å². The maximum Gasteiger partial charge on any atom is 0.242 e. The standard InChI is InChI=1S/C28H30N4O4/c1-3-14-36-22-12-11-19(15-23(22)35-4-2)27-24-25(20-9-5-6-10-21(20)33)30-31-26(24)28(34)32(27)17-18-8-7-13-29-16-18/h3,5-13,15-16,24-27,30-31,33H,1,4,14,17H2,2H3. The van der Waals surface area contributed by atoms with Gasteiger partial charge in [-0.15, -0.1) is 0 Å². The second-order valence-electron chi connectivity index (χ2n) is 8.89. The lowest BCUT2D eigenvalue weighted by molar-refractivity contribution is -0.131. The van der Waals surface area contributed by atoms with Crippen molar-refractivity contribution in [3.05, 3.63) is 96.3 Å². The fourth-order valence-electron chi connectivity index (χ4n) is 5.23. The number of nitrogens with one attached hydrogen (secondary N) is 2. The Bertz CT molecular complexity index is 1240. The number of para-hydroxylation sites is 1. The first-order valence-electron chi connectivity index (χ1n) is 12.1. The Hall–Kier alpha value is -3.88. The van der Waals surface area contributed by atoms with Crippen LogP contribution in [0.25, 0.3) is 0 Å². The zero-order chi connectivity index (χ0) is 25.1. The van der Waals surface area contributed by atoms with Crippen LogP contribution in [0.2, 0.25) is 0 Å². The molecule has 2 aliphatic heterocycles. The van der Waals surface area contributed by atoms with Gasteiger partial charge in [0.25, 0.3) is 0 Å². The van der Waals surface area contributed by atoms with Gasteiger partial charge in [0.2, 0.25) is 5.91 Å². The lowest BCUT2D eigenvalue weighted by atomic mass is 9.83. The number of hydrogen-bond donors (Lipinski definition) is 3. The first-order chi connectivity index (χ1) is 17.6. The Kier molecular flexibility index (Phi) is 6.88. The lowest BCUT2D eigenvalue weighted by Gasteiger charge is -2.32. The van der Waals surface area contributed by atoms with Crippen LogP contribution in [0, 0.1) is 5.92 Å². The Morgan fingerprint density at radius 2 is 1.92 bits per heavy atom. The molecule has 0 saturated carbocycles. The van der Waals surface area contributed by atoms with Crippen molar-refractivity contribution in [2.24, 2.45) is 5.92 Å². The minimum absolute atomic E-state index is 0.00998. The van der Waals surface area contributed by atoms with E-state index in [1.165, 1.54) is 0 Å². The van der Waals surface area contributed by atoms with Crippen LogP contribution in [0.3, 0.4) is 0 Å². The lowest BCUT2D eigenvalue weighted by Crippen LogP contribution is -2.41. The molecule has 2 aromatic carbocycles. The molecule has 3 aromatic rings. The number of phenolic OH excluding ortho intramolecular Hbond substituents is 1. The normalized spacial score (nSPS) is 22.9. The number of benzene rings is 2. The second-order valence-corrected chi connectivity index (χ2v) is 8.89. The van der Waals surface area contributed by atoms with Gasteiger partial charge < -0.3 is 19.5 Å². The summed E-state index contributed by atoms with van der Waals surface area (Å²) in [6, 6.07) is 15.9. The summed E-state index contributed by atoms with van der Waals surface area (Å²) in [5.41, 5.74) is 9.10. The fraction of sp³-hybridized carbons (Fsp3) is 0.286. The predicted molar refractivity (Wildman–Crippen MR) is 135 cm³/mol. The summed E-state index contributed by atoms with van der Waals surface area (Å²) in [4.78, 5) is 19.9. The van der Waals surface area contributed by atoms with E-state index in [1.807, 2.05) is 54.3 Å². The van der Waals surface area contributed by atoms with Gasteiger partial charge in [0.15, 0.2) is 11.5 Å². The number of nitrogens with zero attached hydrogens (tertiary/aromatic N) is 2. The summed E-state index contributed by atoms with van der Waals surface area (Å²) in [6.45, 7) is 6.90. The molecular weight excluding hydrogens is 456 g/mol. The van der Waals surface area contributed by atoms with Gasteiger partial charge >= 0.3 is 0 Å². The van der Waals surface area contributed by atoms with Crippen LogP contribution >= 0.6 is 0 Å². The number of carbonyl (C=O) groups is 1. The number of likely N-dealkylation sites (tertiary alicyclic amines) is 1. The van der Waals surface area contributed by atoms with E-state index >= 15 is 0 Å². The van der Waals surface area contributed by atoms with Crippen molar-refractivity contribution in [1.29, 1.82) is 0 Å². The van der Waals surface area contributed by atoms with E-state index in [4.69, 9.17) is 9.47 Å². The molecule has 2 saturated heterocycles. The molecule has 4 atom stereocenters. The smallest absolute Gasteiger partial charge is 0.242 e. The predicted octanol–water partition coefficient (Wildman–Crippen LogP) is 3.67. The summed E-state index contributed by atoms with van der Waals surface area (Å²) in [5, 5.41) is 10.6. The molecular formula is C28H30N4O4. The van der Waals surface area contributed by atoms with Crippen molar-refractivity contribution in [3.63, 3.8) is 0 Å². The van der Waals surface area contributed by atoms with Crippen molar-refractivity contribution in [1.82, 2.24) is 20.7 Å². The molecule has 0 spiro atoms. The molecule has 3 N–H and O–H groups in total. The van der Waals surface area contributed by atoms with Gasteiger partial charge in [-0.3, -0.25) is 9.78 Å². The monoisotopic (exact) mass is 486 g/mol. The number of phenols is 1. The zero-order valence-corrected chi connectivity index (χ0v) is 20.1. The van der Waals surface area contributed by atoms with Gasteiger partial charge in [0.05, 0.1) is 18.7 Å². The third-order valence-electron chi connectivity index (χ3n) is 6.73. The Labute approximate surface area is 210 Å². The van der Waals surface area contributed by atoms with Gasteiger partial charge in [-0.25, -0.2) is 10.9 Å². The molecule has 36 heavy (non-hydrogen) atoms. The maximum atomic E-state index is 13.7. The summed E-state index contributed by atoms with van der Waals surface area (Å²) < 4.78 is 11.7. The van der Waals surface area contributed by atoms with E-state index in [0.29, 0.717) is 31.3 Å². The highest BCUT2D eigenvalue weighted by molar-refractivity contribution is 5.86. The average molecular weight is 487 g/mol. The number of aromatic nitrogens is 1. The molecule has 2 aliphatic rings. The molecule has 3 heterocycles. The number of rotatable bonds is 9. The largest absolute Gasteiger partial charge is 0.508 e. The zero-order valence-electron chi connectivity index (χ0n) is 20.1. The molecule has 0 bridgehead atoms. The van der Waals surface area contributed by atoms with Crippen molar-refractivity contribution in [2.75, 3.05) is 13.2 Å². The van der Waals surface area contributed by atoms with Crippen LogP contribution in [0.15, 0.2) is 79.6 Å².